The largest absolute Gasteiger partial charge is 0.356 e. The zero-order chi connectivity index (χ0) is 56.6. The fourth-order valence-electron chi connectivity index (χ4n) is 10.3. The molecule has 0 unspecified atom stereocenters. The molecule has 2 saturated carbocycles. The maximum absolute atomic E-state index is 15.5. The molecule has 4 N–H and O–H groups in total. The second-order valence-corrected chi connectivity index (χ2v) is 23.4. The van der Waals surface area contributed by atoms with Crippen molar-refractivity contribution in [3.05, 3.63) is 193 Å². The third-order valence-corrected chi connectivity index (χ3v) is 17.9. The summed E-state index contributed by atoms with van der Waals surface area (Å²) in [6.07, 6.45) is 10.4. The fraction of sp³-hybridized carbons (Fsp3) is 0.226. The van der Waals surface area contributed by atoms with Crippen molar-refractivity contribution in [3.8, 4) is 20.9 Å². The van der Waals surface area contributed by atoms with E-state index in [0.717, 1.165) is 89.7 Å². The summed E-state index contributed by atoms with van der Waals surface area (Å²) in [5, 5.41) is 11.5. The Balaban J connectivity index is 0.000000163. The topological polar surface area (TPSA) is 186 Å². The average molecular weight is 1200 g/mol. The molecular formula is C62H52BrF2N9O6S2. The molecule has 414 valence electrons. The van der Waals surface area contributed by atoms with E-state index in [1.54, 1.807) is 52.5 Å². The molecule has 8 aromatic rings. The number of pyridine rings is 2. The van der Waals surface area contributed by atoms with Crippen LogP contribution in [0.1, 0.15) is 110 Å². The van der Waals surface area contributed by atoms with Gasteiger partial charge in [0.1, 0.15) is 22.1 Å². The van der Waals surface area contributed by atoms with Gasteiger partial charge in [-0.25, -0.2) is 18.7 Å². The van der Waals surface area contributed by atoms with Gasteiger partial charge >= 0.3 is 0 Å². The third kappa shape index (κ3) is 11.4. The second kappa shape index (κ2) is 23.2. The molecule has 20 heteroatoms. The molecule has 0 radical (unpaired) electrons. The number of anilines is 5. The number of nitrogens with one attached hydrogen (secondary N) is 4. The molecule has 2 aliphatic carbocycles. The number of nitrogens with zero attached hydrogens (tertiary/aromatic N) is 5. The van der Waals surface area contributed by atoms with Crippen LogP contribution >= 0.6 is 38.6 Å². The third-order valence-electron chi connectivity index (χ3n) is 14.8. The van der Waals surface area contributed by atoms with Crippen LogP contribution in [-0.4, -0.2) is 83.7 Å². The van der Waals surface area contributed by atoms with Gasteiger partial charge in [0.25, 0.3) is 35.4 Å². The standard InChI is InChI=1S/C33H30FN5O3S.C29H22BrFN4O3S/c34-26-19-22(37-31(40)25-7-5-14-35-30(25)38-15-3-4-16-38)11-12-23(26)33(42)39-17-13-20-18-28(32(41)36-21-9-10-21)43-29(20)24-6-1-2-8-27(24)39;30-26-21(5-3-12-32-26)27(36)34-18-9-10-19(22(31)15-18)29(38)35-13-11-16-14-24(28(37)33-17-7-8-17)39-25(16)20-4-1-2-6-23(20)35/h1-2,5-8,11-12,14,18-19,21H,3-4,9-10,13,15-17H2,(H,36,41)(H,37,40);1-6,9-10,12,14-15,17H,7-8,11,13H2,(H,33,37)(H,34,36). The number of hydrogen-bond acceptors (Lipinski definition) is 11. The lowest BCUT2D eigenvalue weighted by molar-refractivity contribution is 0.0946. The first-order valence-corrected chi connectivity index (χ1v) is 29.5. The highest BCUT2D eigenvalue weighted by molar-refractivity contribution is 9.10. The summed E-state index contributed by atoms with van der Waals surface area (Å²) in [7, 11) is 0. The van der Waals surface area contributed by atoms with E-state index >= 15 is 8.78 Å². The number of para-hydroxylation sites is 2. The van der Waals surface area contributed by atoms with Crippen molar-refractivity contribution in [1.29, 1.82) is 0 Å². The van der Waals surface area contributed by atoms with Crippen LogP contribution in [0.5, 0.6) is 0 Å². The van der Waals surface area contributed by atoms with Gasteiger partial charge < -0.3 is 36.0 Å². The molecule has 4 aromatic carbocycles. The van der Waals surface area contributed by atoms with E-state index in [1.807, 2.05) is 60.7 Å². The van der Waals surface area contributed by atoms with Gasteiger partial charge in [0.15, 0.2) is 0 Å². The summed E-state index contributed by atoms with van der Waals surface area (Å²) in [6.45, 7) is 2.34. The molecule has 0 bridgehead atoms. The van der Waals surface area contributed by atoms with E-state index in [-0.39, 0.29) is 52.3 Å². The minimum atomic E-state index is -0.737. The zero-order valence-corrected chi connectivity index (χ0v) is 47.2. The Labute approximate surface area is 486 Å². The molecule has 7 heterocycles. The van der Waals surface area contributed by atoms with Crippen molar-refractivity contribution in [2.75, 3.05) is 51.5 Å². The molecule has 13 rings (SSSR count). The molecule has 5 aliphatic rings. The fourth-order valence-corrected chi connectivity index (χ4v) is 13.1. The quantitative estimate of drug-likeness (QED) is 0.0915. The van der Waals surface area contributed by atoms with Gasteiger partial charge in [-0.05, 0) is 163 Å². The van der Waals surface area contributed by atoms with E-state index in [2.05, 4.69) is 52.1 Å². The number of rotatable bonds is 11. The SMILES string of the molecule is O=C(NC1CC1)c1cc2c(s1)-c1ccccc1N(C(=O)c1ccc(NC(=O)c3cccnc3Br)cc1F)CC2.O=C(NC1CC1)c1cc2c(s1)-c1ccccc1N(C(=O)c1ccc(NC(=O)c3cccnc3N3CCCC3)cc1F)CC2. The number of carbonyl (C=O) groups excluding carboxylic acids is 6. The molecule has 1 saturated heterocycles. The van der Waals surface area contributed by atoms with Crippen LogP contribution < -0.4 is 36.0 Å². The summed E-state index contributed by atoms with van der Waals surface area (Å²) < 4.78 is 31.1. The van der Waals surface area contributed by atoms with Gasteiger partial charge in [-0.3, -0.25) is 28.8 Å². The number of benzene rings is 4. The van der Waals surface area contributed by atoms with Gasteiger partial charge in [-0.1, -0.05) is 36.4 Å². The van der Waals surface area contributed by atoms with Crippen LogP contribution in [0.2, 0.25) is 0 Å². The van der Waals surface area contributed by atoms with Crippen LogP contribution in [0.25, 0.3) is 20.9 Å². The average Bonchev–Trinajstić information content (AvgIpc) is 4.52. The maximum Gasteiger partial charge on any atom is 0.261 e. The smallest absolute Gasteiger partial charge is 0.261 e. The number of fused-ring (bicyclic) bond motifs is 6. The first-order chi connectivity index (χ1) is 39.8. The molecule has 4 aromatic heterocycles. The van der Waals surface area contributed by atoms with Crippen LogP contribution in [0.3, 0.4) is 0 Å². The molecule has 0 spiro atoms. The van der Waals surface area contributed by atoms with Crippen LogP contribution in [0, 0.1) is 11.6 Å². The van der Waals surface area contributed by atoms with E-state index in [9.17, 15) is 28.8 Å². The van der Waals surface area contributed by atoms with E-state index in [4.69, 9.17) is 0 Å². The lowest BCUT2D eigenvalue weighted by Gasteiger charge is -2.23. The molecule has 3 aliphatic heterocycles. The van der Waals surface area contributed by atoms with E-state index in [0.29, 0.717) is 68.6 Å². The lowest BCUT2D eigenvalue weighted by Crippen LogP contribution is -2.33. The van der Waals surface area contributed by atoms with Crippen LogP contribution in [0.4, 0.5) is 37.3 Å². The highest BCUT2D eigenvalue weighted by Crippen LogP contribution is 2.44. The Bertz CT molecular complexity index is 3870. The number of hydrogen-bond donors (Lipinski definition) is 4. The van der Waals surface area contributed by atoms with Crippen molar-refractivity contribution in [1.82, 2.24) is 20.6 Å². The molecular weight excluding hydrogens is 1150 g/mol. The van der Waals surface area contributed by atoms with Gasteiger partial charge in [0, 0.05) is 82.9 Å². The van der Waals surface area contributed by atoms with Gasteiger partial charge in [0.05, 0.1) is 43.4 Å². The molecule has 0 atom stereocenters. The Morgan fingerprint density at radius 3 is 1.45 bits per heavy atom. The maximum atomic E-state index is 15.5. The van der Waals surface area contributed by atoms with Gasteiger partial charge in [0.2, 0.25) is 0 Å². The number of carbonyl (C=O) groups is 6. The van der Waals surface area contributed by atoms with E-state index in [1.165, 1.54) is 46.9 Å². The van der Waals surface area contributed by atoms with Gasteiger partial charge in [-0.15, -0.1) is 22.7 Å². The minimum Gasteiger partial charge on any atom is -0.356 e. The van der Waals surface area contributed by atoms with Crippen molar-refractivity contribution < 1.29 is 37.5 Å². The number of aromatic nitrogens is 2. The molecule has 3 fully saturated rings. The number of thiophene rings is 2. The Kier molecular flexibility index (Phi) is 15.3. The molecule has 15 nitrogen and oxygen atoms in total. The summed E-state index contributed by atoms with van der Waals surface area (Å²) in [6, 6.07) is 34.2. The number of halogens is 3. The van der Waals surface area contributed by atoms with Crippen molar-refractivity contribution in [3.63, 3.8) is 0 Å². The predicted octanol–water partition coefficient (Wildman–Crippen LogP) is 12.0. The summed E-state index contributed by atoms with van der Waals surface area (Å²) in [5.41, 5.74) is 6.02. The Morgan fingerprint density at radius 1 is 0.512 bits per heavy atom. The lowest BCUT2D eigenvalue weighted by atomic mass is 10.1. The van der Waals surface area contributed by atoms with E-state index < -0.39 is 29.4 Å². The summed E-state index contributed by atoms with van der Waals surface area (Å²) >= 11 is 6.08. The normalized spacial score (nSPS) is 15.0. The summed E-state index contributed by atoms with van der Waals surface area (Å²) in [4.78, 5) is 95.5. The van der Waals surface area contributed by atoms with Crippen molar-refractivity contribution >= 4 is 103 Å². The Morgan fingerprint density at radius 2 is 0.976 bits per heavy atom. The van der Waals surface area contributed by atoms with Crippen LogP contribution in [-0.2, 0) is 12.8 Å². The summed E-state index contributed by atoms with van der Waals surface area (Å²) in [5.74, 6) is -2.74. The molecule has 82 heavy (non-hydrogen) atoms. The monoisotopic (exact) mass is 1200 g/mol. The Hall–Kier alpha value is -8.46. The number of amides is 6. The second-order valence-electron chi connectivity index (χ2n) is 20.6. The minimum absolute atomic E-state index is 0.0592. The first kappa shape index (κ1) is 54.1. The molecule has 6 amide bonds. The van der Waals surface area contributed by atoms with Gasteiger partial charge in [-0.2, -0.15) is 0 Å². The first-order valence-electron chi connectivity index (χ1n) is 27.1. The van der Waals surface area contributed by atoms with Crippen molar-refractivity contribution in [2.24, 2.45) is 0 Å². The van der Waals surface area contributed by atoms with Crippen molar-refractivity contribution in [2.45, 2.75) is 63.5 Å². The zero-order valence-electron chi connectivity index (χ0n) is 44.0. The van der Waals surface area contributed by atoms with Crippen LogP contribution in [0.15, 0.2) is 138 Å². The predicted molar refractivity (Wildman–Crippen MR) is 318 cm³/mol. The highest BCUT2D eigenvalue weighted by Gasteiger charge is 2.33. The highest BCUT2D eigenvalue weighted by atomic mass is 79.9.